The first kappa shape index (κ1) is 22.2. The van der Waals surface area contributed by atoms with Gasteiger partial charge in [-0.25, -0.2) is 8.42 Å². The van der Waals surface area contributed by atoms with Crippen molar-refractivity contribution in [2.24, 2.45) is 0 Å². The average molecular weight is 450 g/mol. The summed E-state index contributed by atoms with van der Waals surface area (Å²) in [5, 5.41) is 2.60. The van der Waals surface area contributed by atoms with E-state index in [9.17, 15) is 26.4 Å². The maximum Gasteiger partial charge on any atom is 0.417 e. The summed E-state index contributed by atoms with van der Waals surface area (Å²) >= 11 is 0. The summed E-state index contributed by atoms with van der Waals surface area (Å²) in [6, 6.07) is 16.0. The minimum Gasteiger partial charge on any atom is -0.495 e. The predicted molar refractivity (Wildman–Crippen MR) is 110 cm³/mol. The molecule has 0 aromatic heterocycles. The van der Waals surface area contributed by atoms with Crippen LogP contribution in [0.1, 0.15) is 15.9 Å². The first-order chi connectivity index (χ1) is 14.6. The molecule has 0 unspecified atom stereocenters. The van der Waals surface area contributed by atoms with E-state index in [1.54, 1.807) is 24.3 Å². The van der Waals surface area contributed by atoms with Crippen LogP contribution in [0.3, 0.4) is 0 Å². The molecule has 162 valence electrons. The fraction of sp³-hybridized carbons (Fsp3) is 0.0952. The van der Waals surface area contributed by atoms with Crippen LogP contribution in [0, 0.1) is 0 Å². The molecular weight excluding hydrogens is 433 g/mol. The molecule has 3 aromatic rings. The Hall–Kier alpha value is -3.53. The molecule has 0 atom stereocenters. The van der Waals surface area contributed by atoms with Gasteiger partial charge in [0, 0.05) is 0 Å². The maximum atomic E-state index is 13.3. The second-order valence-corrected chi connectivity index (χ2v) is 7.95. The summed E-state index contributed by atoms with van der Waals surface area (Å²) in [4.78, 5) is 11.8. The Morgan fingerprint density at radius 3 is 2.13 bits per heavy atom. The summed E-state index contributed by atoms with van der Waals surface area (Å²) in [6.45, 7) is 0. The molecule has 10 heteroatoms. The van der Waals surface area contributed by atoms with Gasteiger partial charge in [0.1, 0.15) is 5.75 Å². The highest BCUT2D eigenvalue weighted by Gasteiger charge is 2.37. The van der Waals surface area contributed by atoms with E-state index in [2.05, 4.69) is 10.0 Å². The van der Waals surface area contributed by atoms with Crippen molar-refractivity contribution in [3.05, 3.63) is 83.9 Å². The zero-order chi connectivity index (χ0) is 22.6. The Morgan fingerprint density at radius 1 is 0.871 bits per heavy atom. The molecule has 0 fully saturated rings. The number of alkyl halides is 3. The molecule has 6 nitrogen and oxygen atoms in total. The number of sulfonamides is 1. The van der Waals surface area contributed by atoms with Gasteiger partial charge in [0.25, 0.3) is 15.9 Å². The first-order valence-electron chi connectivity index (χ1n) is 8.86. The number of nitrogens with one attached hydrogen (secondary N) is 2. The summed E-state index contributed by atoms with van der Waals surface area (Å²) in [5.74, 6) is -0.292. The zero-order valence-corrected chi connectivity index (χ0v) is 16.9. The van der Waals surface area contributed by atoms with Gasteiger partial charge in [-0.2, -0.15) is 13.2 Å². The highest BCUT2D eigenvalue weighted by Crippen LogP contribution is 2.35. The van der Waals surface area contributed by atoms with E-state index in [0.29, 0.717) is 17.5 Å². The molecule has 0 radical (unpaired) electrons. The molecule has 0 heterocycles. The molecule has 0 bridgehead atoms. The molecule has 0 saturated heterocycles. The predicted octanol–water partition coefficient (Wildman–Crippen LogP) is 4.77. The van der Waals surface area contributed by atoms with Crippen LogP contribution in [0.2, 0.25) is 0 Å². The van der Waals surface area contributed by atoms with Crippen LogP contribution in [-0.2, 0) is 16.2 Å². The van der Waals surface area contributed by atoms with Gasteiger partial charge in [0.15, 0.2) is 0 Å². The number of hydrogen-bond acceptors (Lipinski definition) is 4. The van der Waals surface area contributed by atoms with Gasteiger partial charge in [0.05, 0.1) is 34.5 Å². The van der Waals surface area contributed by atoms with Crippen molar-refractivity contribution in [1.29, 1.82) is 0 Å². The van der Waals surface area contributed by atoms with Crippen LogP contribution < -0.4 is 14.8 Å². The summed E-state index contributed by atoms with van der Waals surface area (Å²) in [5.41, 5.74) is -1.22. The van der Waals surface area contributed by atoms with Crippen LogP contribution in [0.15, 0.2) is 77.7 Å². The molecule has 3 aromatic carbocycles. The second kappa shape index (κ2) is 8.68. The normalized spacial score (nSPS) is 11.6. The van der Waals surface area contributed by atoms with Crippen molar-refractivity contribution < 1.29 is 31.1 Å². The number of carbonyl (C=O) groups is 1. The standard InChI is InChI=1S/C21H17F3N2O4S/c1-30-18-12-6-5-11-17(18)25-20(27)14-8-2-4-10-16(14)26-31(28,29)19-13-7-3-9-15(19)21(22,23)24/h2-13,26H,1H3,(H,25,27). The van der Waals surface area contributed by atoms with Crippen LogP contribution in [0.4, 0.5) is 24.5 Å². The molecule has 2 N–H and O–H groups in total. The molecule has 0 spiro atoms. The number of methoxy groups -OCH3 is 1. The van der Waals surface area contributed by atoms with Gasteiger partial charge in [0.2, 0.25) is 0 Å². The molecule has 3 rings (SSSR count). The van der Waals surface area contributed by atoms with E-state index in [1.165, 1.54) is 37.4 Å². The Balaban J connectivity index is 1.95. The minimum absolute atomic E-state index is 0.0820. The molecule has 0 aliphatic carbocycles. The topological polar surface area (TPSA) is 84.5 Å². The highest BCUT2D eigenvalue weighted by atomic mass is 32.2. The quantitative estimate of drug-likeness (QED) is 0.567. The number of amides is 1. The summed E-state index contributed by atoms with van der Waals surface area (Å²) < 4.78 is 72.5. The molecular formula is C21H17F3N2O4S. The van der Waals surface area contributed by atoms with Gasteiger partial charge in [-0.1, -0.05) is 36.4 Å². The smallest absolute Gasteiger partial charge is 0.417 e. The Kier molecular flexibility index (Phi) is 6.21. The number of anilines is 2. The van der Waals surface area contributed by atoms with Crippen molar-refractivity contribution in [2.75, 3.05) is 17.1 Å². The summed E-state index contributed by atoms with van der Waals surface area (Å²) in [6.07, 6.45) is -4.87. The SMILES string of the molecule is COc1ccccc1NC(=O)c1ccccc1NS(=O)(=O)c1ccccc1C(F)(F)F. The number of para-hydroxylation sites is 3. The largest absolute Gasteiger partial charge is 0.495 e. The third-order valence-corrected chi connectivity index (χ3v) is 5.68. The number of benzene rings is 3. The Labute approximate surface area is 176 Å². The van der Waals surface area contributed by atoms with Crippen LogP contribution >= 0.6 is 0 Å². The third-order valence-electron chi connectivity index (χ3n) is 4.25. The van der Waals surface area contributed by atoms with Crippen molar-refractivity contribution in [3.8, 4) is 5.75 Å². The van der Waals surface area contributed by atoms with Crippen molar-refractivity contribution in [1.82, 2.24) is 0 Å². The first-order valence-corrected chi connectivity index (χ1v) is 10.3. The number of hydrogen-bond donors (Lipinski definition) is 2. The van der Waals surface area contributed by atoms with E-state index in [4.69, 9.17) is 4.74 Å². The number of ether oxygens (including phenoxy) is 1. The van der Waals surface area contributed by atoms with Crippen molar-refractivity contribution in [3.63, 3.8) is 0 Å². The number of halogens is 3. The van der Waals surface area contributed by atoms with Gasteiger partial charge in [-0.05, 0) is 36.4 Å². The van der Waals surface area contributed by atoms with E-state index in [-0.39, 0.29) is 11.3 Å². The van der Waals surface area contributed by atoms with E-state index < -0.39 is 32.6 Å². The van der Waals surface area contributed by atoms with Crippen molar-refractivity contribution >= 4 is 27.3 Å². The third kappa shape index (κ3) is 4.97. The van der Waals surface area contributed by atoms with Crippen molar-refractivity contribution in [2.45, 2.75) is 11.1 Å². The Morgan fingerprint density at radius 2 is 1.45 bits per heavy atom. The van der Waals surface area contributed by atoms with Crippen LogP contribution in [0.5, 0.6) is 5.75 Å². The lowest BCUT2D eigenvalue weighted by atomic mass is 10.1. The monoisotopic (exact) mass is 450 g/mol. The molecule has 1 amide bonds. The van der Waals surface area contributed by atoms with Gasteiger partial charge >= 0.3 is 6.18 Å². The average Bonchev–Trinajstić information content (AvgIpc) is 2.73. The maximum absolute atomic E-state index is 13.3. The molecule has 31 heavy (non-hydrogen) atoms. The zero-order valence-electron chi connectivity index (χ0n) is 16.1. The molecule has 0 aliphatic rings. The van der Waals surface area contributed by atoms with Crippen LogP contribution in [0.25, 0.3) is 0 Å². The van der Waals surface area contributed by atoms with E-state index >= 15 is 0 Å². The van der Waals surface area contributed by atoms with E-state index in [0.717, 1.165) is 12.1 Å². The number of rotatable bonds is 6. The van der Waals surface area contributed by atoms with E-state index in [1.807, 2.05) is 0 Å². The van der Waals surface area contributed by atoms with Gasteiger partial charge < -0.3 is 10.1 Å². The fourth-order valence-electron chi connectivity index (χ4n) is 2.84. The van der Waals surface area contributed by atoms with Gasteiger partial charge in [-0.3, -0.25) is 9.52 Å². The number of carbonyl (C=O) groups excluding carboxylic acids is 1. The minimum atomic E-state index is -4.87. The summed E-state index contributed by atoms with van der Waals surface area (Å²) in [7, 11) is -3.22. The Bertz CT molecular complexity index is 1210. The lowest BCUT2D eigenvalue weighted by Crippen LogP contribution is -2.21. The lowest BCUT2D eigenvalue weighted by Gasteiger charge is -2.16. The lowest BCUT2D eigenvalue weighted by molar-refractivity contribution is -0.139. The fourth-order valence-corrected chi connectivity index (χ4v) is 4.15. The van der Waals surface area contributed by atoms with Crippen LogP contribution in [-0.4, -0.2) is 21.4 Å². The molecule has 0 saturated carbocycles. The highest BCUT2D eigenvalue weighted by molar-refractivity contribution is 7.92. The van der Waals surface area contributed by atoms with Gasteiger partial charge in [-0.15, -0.1) is 0 Å². The second-order valence-electron chi connectivity index (χ2n) is 6.30. The molecule has 0 aliphatic heterocycles.